The third kappa shape index (κ3) is 2.80. The summed E-state index contributed by atoms with van der Waals surface area (Å²) in [6, 6.07) is 5.68. The van der Waals surface area contributed by atoms with Gasteiger partial charge in [0, 0.05) is 18.5 Å². The number of aryl methyl sites for hydroxylation is 1. The van der Waals surface area contributed by atoms with Crippen LogP contribution in [-0.2, 0) is 9.53 Å². The molecule has 23 heavy (non-hydrogen) atoms. The summed E-state index contributed by atoms with van der Waals surface area (Å²) in [5.74, 6) is 0.549. The Labute approximate surface area is 136 Å². The quantitative estimate of drug-likeness (QED) is 0.800. The van der Waals surface area contributed by atoms with E-state index in [-0.39, 0.29) is 23.2 Å². The van der Waals surface area contributed by atoms with E-state index in [4.69, 9.17) is 9.47 Å². The summed E-state index contributed by atoms with van der Waals surface area (Å²) in [6.45, 7) is 5.87. The summed E-state index contributed by atoms with van der Waals surface area (Å²) in [6.07, 6.45) is 1.66. The largest absolute Gasteiger partial charge is 0.493 e. The average molecular weight is 317 g/mol. The predicted octanol–water partition coefficient (Wildman–Crippen LogP) is 2.42. The van der Waals surface area contributed by atoms with E-state index in [1.807, 2.05) is 36.9 Å². The number of benzene rings is 1. The fourth-order valence-electron chi connectivity index (χ4n) is 3.74. The van der Waals surface area contributed by atoms with Crippen LogP contribution in [0.3, 0.4) is 0 Å². The standard InChI is InChI=1S/C18H23NO4/c1-4-23-15-7-12(2)5-6-14(15)16(20)19-10-18(11-19)8-13(9-18)17(21)22-3/h5-7,13H,4,8-11H2,1-3H3. The Morgan fingerprint density at radius 2 is 2.00 bits per heavy atom. The molecular weight excluding hydrogens is 294 g/mol. The zero-order valence-corrected chi connectivity index (χ0v) is 13.9. The number of methoxy groups -OCH3 is 1. The van der Waals surface area contributed by atoms with Crippen LogP contribution in [0.4, 0.5) is 0 Å². The number of nitrogens with zero attached hydrogens (tertiary/aromatic N) is 1. The number of hydrogen-bond donors (Lipinski definition) is 0. The second-order valence-electron chi connectivity index (χ2n) is 6.72. The Morgan fingerprint density at radius 3 is 2.61 bits per heavy atom. The highest BCUT2D eigenvalue weighted by molar-refractivity contribution is 5.97. The average Bonchev–Trinajstić information content (AvgIpc) is 2.44. The van der Waals surface area contributed by atoms with Gasteiger partial charge >= 0.3 is 5.97 Å². The lowest BCUT2D eigenvalue weighted by Crippen LogP contribution is -2.64. The van der Waals surface area contributed by atoms with Gasteiger partial charge in [0.1, 0.15) is 5.75 Å². The van der Waals surface area contributed by atoms with Crippen molar-refractivity contribution in [3.8, 4) is 5.75 Å². The smallest absolute Gasteiger partial charge is 0.308 e. The van der Waals surface area contributed by atoms with E-state index in [2.05, 4.69) is 0 Å². The summed E-state index contributed by atoms with van der Waals surface area (Å²) in [5.41, 5.74) is 1.83. The van der Waals surface area contributed by atoms with Gasteiger partial charge in [-0.25, -0.2) is 0 Å². The van der Waals surface area contributed by atoms with Gasteiger partial charge in [0.2, 0.25) is 0 Å². The second kappa shape index (κ2) is 5.87. The maximum atomic E-state index is 12.7. The summed E-state index contributed by atoms with van der Waals surface area (Å²) in [4.78, 5) is 26.0. The predicted molar refractivity (Wildman–Crippen MR) is 85.4 cm³/mol. The SMILES string of the molecule is CCOc1cc(C)ccc1C(=O)N1CC2(CC(C(=O)OC)C2)C1. The molecule has 5 heteroatoms. The topological polar surface area (TPSA) is 55.8 Å². The molecule has 0 aromatic heterocycles. The number of amides is 1. The van der Waals surface area contributed by atoms with Crippen molar-refractivity contribution < 1.29 is 19.1 Å². The Balaban J connectivity index is 1.63. The van der Waals surface area contributed by atoms with Crippen LogP contribution in [0, 0.1) is 18.3 Å². The zero-order valence-electron chi connectivity index (χ0n) is 13.9. The highest BCUT2D eigenvalue weighted by Gasteiger charge is 2.56. The van der Waals surface area contributed by atoms with Crippen molar-refractivity contribution in [1.82, 2.24) is 4.90 Å². The third-order valence-electron chi connectivity index (χ3n) is 4.90. The number of likely N-dealkylation sites (tertiary alicyclic amines) is 1. The van der Waals surface area contributed by atoms with Gasteiger partial charge in [0.25, 0.3) is 5.91 Å². The lowest BCUT2D eigenvalue weighted by Gasteiger charge is -2.58. The van der Waals surface area contributed by atoms with Crippen molar-refractivity contribution in [2.24, 2.45) is 11.3 Å². The molecule has 1 saturated carbocycles. The molecule has 2 aliphatic rings. The van der Waals surface area contributed by atoms with Crippen molar-refractivity contribution in [1.29, 1.82) is 0 Å². The molecule has 1 saturated heterocycles. The van der Waals surface area contributed by atoms with Gasteiger partial charge in [-0.1, -0.05) is 6.07 Å². The van der Waals surface area contributed by atoms with Crippen molar-refractivity contribution >= 4 is 11.9 Å². The van der Waals surface area contributed by atoms with E-state index in [9.17, 15) is 9.59 Å². The van der Waals surface area contributed by atoms with E-state index in [1.54, 1.807) is 0 Å². The molecule has 0 bridgehead atoms. The molecule has 2 fully saturated rings. The first-order valence-corrected chi connectivity index (χ1v) is 8.08. The number of esters is 1. The molecule has 1 amide bonds. The van der Waals surface area contributed by atoms with Crippen LogP contribution in [0.1, 0.15) is 35.7 Å². The number of carbonyl (C=O) groups excluding carboxylic acids is 2. The van der Waals surface area contributed by atoms with Gasteiger partial charge in [-0.3, -0.25) is 9.59 Å². The molecule has 0 radical (unpaired) electrons. The summed E-state index contributed by atoms with van der Waals surface area (Å²) in [7, 11) is 1.43. The number of ether oxygens (including phenoxy) is 2. The van der Waals surface area contributed by atoms with Crippen molar-refractivity contribution in [3.63, 3.8) is 0 Å². The van der Waals surface area contributed by atoms with E-state index in [0.717, 1.165) is 31.5 Å². The van der Waals surface area contributed by atoms with E-state index in [1.165, 1.54) is 7.11 Å². The first-order chi connectivity index (χ1) is 11.0. The highest BCUT2D eigenvalue weighted by atomic mass is 16.5. The van der Waals surface area contributed by atoms with Gasteiger partial charge < -0.3 is 14.4 Å². The first-order valence-electron chi connectivity index (χ1n) is 8.08. The normalized spacial score (nSPS) is 19.0. The highest BCUT2D eigenvalue weighted by Crippen LogP contribution is 2.52. The lowest BCUT2D eigenvalue weighted by atomic mass is 9.57. The fourth-order valence-corrected chi connectivity index (χ4v) is 3.74. The summed E-state index contributed by atoms with van der Waals surface area (Å²) >= 11 is 0. The Kier molecular flexibility index (Phi) is 4.04. The minimum Gasteiger partial charge on any atom is -0.493 e. The lowest BCUT2D eigenvalue weighted by molar-refractivity contribution is -0.161. The van der Waals surface area contributed by atoms with Gasteiger partial charge in [0.15, 0.2) is 0 Å². The maximum absolute atomic E-state index is 12.7. The van der Waals surface area contributed by atoms with Gasteiger partial charge in [-0.15, -0.1) is 0 Å². The Hall–Kier alpha value is -2.04. The number of carbonyl (C=O) groups is 2. The molecule has 0 unspecified atom stereocenters. The van der Waals surface area contributed by atoms with E-state index in [0.29, 0.717) is 17.9 Å². The maximum Gasteiger partial charge on any atom is 0.308 e. The molecule has 1 aromatic carbocycles. The van der Waals surface area contributed by atoms with Crippen LogP contribution in [0.15, 0.2) is 18.2 Å². The molecule has 1 aromatic rings. The molecule has 3 rings (SSSR count). The van der Waals surface area contributed by atoms with Crippen molar-refractivity contribution in [2.45, 2.75) is 26.7 Å². The Bertz CT molecular complexity index is 626. The molecule has 1 heterocycles. The Morgan fingerprint density at radius 1 is 1.30 bits per heavy atom. The van der Waals surface area contributed by atoms with Gasteiger partial charge in [-0.2, -0.15) is 0 Å². The molecule has 1 aliphatic carbocycles. The molecule has 0 atom stereocenters. The van der Waals surface area contributed by atoms with Crippen LogP contribution < -0.4 is 4.74 Å². The van der Waals surface area contributed by atoms with Crippen LogP contribution in [0.25, 0.3) is 0 Å². The van der Waals surface area contributed by atoms with Crippen LogP contribution in [-0.4, -0.2) is 43.6 Å². The molecule has 1 aliphatic heterocycles. The molecule has 124 valence electrons. The van der Waals surface area contributed by atoms with Gasteiger partial charge in [-0.05, 0) is 44.4 Å². The van der Waals surface area contributed by atoms with Gasteiger partial charge in [0.05, 0.1) is 25.2 Å². The van der Waals surface area contributed by atoms with E-state index >= 15 is 0 Å². The molecule has 1 spiro atoms. The van der Waals surface area contributed by atoms with Crippen LogP contribution >= 0.6 is 0 Å². The fraction of sp³-hybridized carbons (Fsp3) is 0.556. The van der Waals surface area contributed by atoms with Crippen LogP contribution in [0.5, 0.6) is 5.75 Å². The molecule has 5 nitrogen and oxygen atoms in total. The minimum absolute atomic E-state index is 0.00983. The third-order valence-corrected chi connectivity index (χ3v) is 4.90. The monoisotopic (exact) mass is 317 g/mol. The van der Waals surface area contributed by atoms with E-state index < -0.39 is 0 Å². The summed E-state index contributed by atoms with van der Waals surface area (Å²) in [5, 5.41) is 0. The minimum atomic E-state index is -0.127. The molecule has 0 N–H and O–H groups in total. The summed E-state index contributed by atoms with van der Waals surface area (Å²) < 4.78 is 10.4. The first kappa shape index (κ1) is 15.8. The van der Waals surface area contributed by atoms with Crippen LogP contribution in [0.2, 0.25) is 0 Å². The number of rotatable bonds is 4. The number of hydrogen-bond acceptors (Lipinski definition) is 4. The molecular formula is C18H23NO4. The van der Waals surface area contributed by atoms with Crippen molar-refractivity contribution in [2.75, 3.05) is 26.8 Å². The zero-order chi connectivity index (χ0) is 16.6. The van der Waals surface area contributed by atoms with Crippen molar-refractivity contribution in [3.05, 3.63) is 29.3 Å². The second-order valence-corrected chi connectivity index (χ2v) is 6.72.